The number of rotatable bonds is 7. The topological polar surface area (TPSA) is 143 Å². The first-order chi connectivity index (χ1) is 18.1. The molecule has 1 aromatic heterocycles. The van der Waals surface area contributed by atoms with Gasteiger partial charge in [0, 0.05) is 46.6 Å². The van der Waals surface area contributed by atoms with Crippen LogP contribution >= 0.6 is 12.2 Å². The van der Waals surface area contributed by atoms with Crippen LogP contribution in [0.2, 0.25) is 0 Å². The lowest BCUT2D eigenvalue weighted by Crippen LogP contribution is -2.67. The Kier molecular flexibility index (Phi) is 10.4. The Morgan fingerprint density at radius 1 is 1.00 bits per heavy atom. The second-order valence-electron chi connectivity index (χ2n) is 9.06. The average Bonchev–Trinajstić information content (AvgIpc) is 2.86. The summed E-state index contributed by atoms with van der Waals surface area (Å²) in [5, 5.41) is 3.42. The van der Waals surface area contributed by atoms with E-state index in [-0.39, 0.29) is 12.6 Å². The van der Waals surface area contributed by atoms with Crippen molar-refractivity contribution in [2.75, 3.05) is 13.2 Å². The molecule has 0 spiro atoms. The first kappa shape index (κ1) is 29.2. The zero-order valence-electron chi connectivity index (χ0n) is 21.8. The lowest BCUT2D eigenvalue weighted by Gasteiger charge is -2.46. The highest BCUT2D eigenvalue weighted by molar-refractivity contribution is 7.80. The molecule has 38 heavy (non-hydrogen) atoms. The van der Waals surface area contributed by atoms with Gasteiger partial charge in [0.2, 0.25) is 0 Å². The van der Waals surface area contributed by atoms with Crippen molar-refractivity contribution in [2.24, 2.45) is 0 Å². The number of nitrogens with one attached hydrogen (secondary N) is 1. The van der Waals surface area contributed by atoms with Crippen LogP contribution in [0.3, 0.4) is 0 Å². The molecule has 0 bridgehead atoms. The molecule has 0 radical (unpaired) electrons. The quantitative estimate of drug-likeness (QED) is 0.298. The van der Waals surface area contributed by atoms with Gasteiger partial charge in [0.1, 0.15) is 12.7 Å². The Hall–Kier alpha value is -3.32. The van der Waals surface area contributed by atoms with Gasteiger partial charge in [0.25, 0.3) is 0 Å². The normalized spacial score (nSPS) is 27.0. The molecule has 2 aliphatic rings. The van der Waals surface area contributed by atoms with Gasteiger partial charge in [-0.05, 0) is 43.1 Å². The molecule has 2 fully saturated rings. The molecule has 2 aliphatic heterocycles. The molecule has 3 rings (SSSR count). The molecule has 12 nitrogen and oxygen atoms in total. The van der Waals surface area contributed by atoms with Crippen molar-refractivity contribution < 1.29 is 42.9 Å². The summed E-state index contributed by atoms with van der Waals surface area (Å²) in [5.74, 6) is -2.67. The Morgan fingerprint density at radius 3 is 2.26 bits per heavy atom. The highest BCUT2D eigenvalue weighted by atomic mass is 32.1. The van der Waals surface area contributed by atoms with Crippen molar-refractivity contribution in [2.45, 2.75) is 83.6 Å². The van der Waals surface area contributed by atoms with Crippen LogP contribution in [0.5, 0.6) is 0 Å². The van der Waals surface area contributed by atoms with Gasteiger partial charge < -0.3 is 33.9 Å². The summed E-state index contributed by atoms with van der Waals surface area (Å²) in [7, 11) is 0. The maximum absolute atomic E-state index is 12.1. The summed E-state index contributed by atoms with van der Waals surface area (Å²) in [5.41, 5.74) is 0.998. The number of likely N-dealkylation sites (tertiary alicyclic amines) is 1. The fourth-order valence-corrected chi connectivity index (χ4v) is 4.98. The van der Waals surface area contributed by atoms with E-state index in [1.54, 1.807) is 12.4 Å². The number of piperidine rings is 1. The second kappa shape index (κ2) is 13.5. The first-order valence-corrected chi connectivity index (χ1v) is 12.7. The van der Waals surface area contributed by atoms with Crippen LogP contribution in [0.25, 0.3) is 0 Å². The van der Waals surface area contributed by atoms with Crippen LogP contribution in [-0.2, 0) is 42.9 Å². The minimum absolute atomic E-state index is 0.0388. The Bertz CT molecular complexity index is 1020. The smallest absolute Gasteiger partial charge is 0.303 e. The largest absolute Gasteiger partial charge is 0.463 e. The van der Waals surface area contributed by atoms with Gasteiger partial charge in [-0.25, -0.2) is 0 Å². The van der Waals surface area contributed by atoms with E-state index in [9.17, 15) is 19.2 Å². The highest BCUT2D eigenvalue weighted by Gasteiger charge is 2.52. The lowest BCUT2D eigenvalue weighted by molar-refractivity contribution is -0.255. The molecule has 0 saturated carbocycles. The van der Waals surface area contributed by atoms with E-state index >= 15 is 0 Å². The molecule has 1 aromatic rings. The van der Waals surface area contributed by atoms with Gasteiger partial charge in [0.15, 0.2) is 29.7 Å². The van der Waals surface area contributed by atoms with Crippen molar-refractivity contribution in [3.8, 4) is 0 Å². The third kappa shape index (κ3) is 7.84. The van der Waals surface area contributed by atoms with Crippen LogP contribution in [-0.4, -0.2) is 82.7 Å². The molecular formula is C25H33N3O9S. The Balaban J connectivity index is 1.92. The minimum Gasteiger partial charge on any atom is -0.463 e. The maximum Gasteiger partial charge on any atom is 0.303 e. The van der Waals surface area contributed by atoms with Gasteiger partial charge in [-0.15, -0.1) is 0 Å². The van der Waals surface area contributed by atoms with Crippen LogP contribution in [0.15, 0.2) is 24.5 Å². The van der Waals surface area contributed by atoms with E-state index in [1.165, 1.54) is 27.7 Å². The number of aromatic nitrogens is 1. The zero-order valence-corrected chi connectivity index (χ0v) is 22.6. The molecule has 0 amide bonds. The van der Waals surface area contributed by atoms with Gasteiger partial charge in [0.05, 0.1) is 6.04 Å². The number of carbonyl (C=O) groups excluding carboxylic acids is 4. The van der Waals surface area contributed by atoms with Crippen LogP contribution in [0, 0.1) is 0 Å². The molecule has 1 N–H and O–H groups in total. The maximum atomic E-state index is 12.1. The number of pyridine rings is 1. The summed E-state index contributed by atoms with van der Waals surface area (Å²) in [6, 6.07) is 3.80. The van der Waals surface area contributed by atoms with Crippen molar-refractivity contribution in [3.63, 3.8) is 0 Å². The van der Waals surface area contributed by atoms with E-state index in [0.29, 0.717) is 11.7 Å². The van der Waals surface area contributed by atoms with Gasteiger partial charge in [-0.2, -0.15) is 0 Å². The number of nitrogens with zero attached hydrogens (tertiary/aromatic N) is 2. The third-order valence-corrected chi connectivity index (χ3v) is 6.44. The fraction of sp³-hybridized carbons (Fsp3) is 0.600. The highest BCUT2D eigenvalue weighted by Crippen LogP contribution is 2.32. The van der Waals surface area contributed by atoms with Crippen molar-refractivity contribution in [1.29, 1.82) is 0 Å². The van der Waals surface area contributed by atoms with Crippen molar-refractivity contribution >= 4 is 41.2 Å². The standard InChI is InChI=1S/C25H33N3O9S/c1-14(29)33-13-20-21(34-15(2)30)22(35-16(3)31)23(36-17(4)32)24(37-20)27-25(38)28-11-6-5-9-19(28)18-8-7-10-26-12-18/h7-8,10,12,19-24H,5-6,9,11,13H2,1-4H3,(H,27,38). The van der Waals surface area contributed by atoms with E-state index in [2.05, 4.69) is 10.3 Å². The predicted molar refractivity (Wildman–Crippen MR) is 135 cm³/mol. The Morgan fingerprint density at radius 2 is 1.66 bits per heavy atom. The van der Waals surface area contributed by atoms with Crippen molar-refractivity contribution in [1.82, 2.24) is 15.2 Å². The number of hydrogen-bond donors (Lipinski definition) is 1. The van der Waals surface area contributed by atoms with Gasteiger partial charge >= 0.3 is 23.9 Å². The minimum atomic E-state index is -1.27. The molecule has 2 saturated heterocycles. The molecule has 0 aromatic carbocycles. The average molecular weight is 552 g/mol. The second-order valence-corrected chi connectivity index (χ2v) is 9.45. The molecule has 13 heteroatoms. The molecule has 208 valence electrons. The third-order valence-electron chi connectivity index (χ3n) is 6.09. The predicted octanol–water partition coefficient (Wildman–Crippen LogP) is 1.57. The van der Waals surface area contributed by atoms with E-state index in [1.807, 2.05) is 17.0 Å². The van der Waals surface area contributed by atoms with Gasteiger partial charge in [-0.3, -0.25) is 24.2 Å². The molecule has 6 atom stereocenters. The number of carbonyl (C=O) groups is 4. The molecule has 3 heterocycles. The van der Waals surface area contributed by atoms with Crippen LogP contribution < -0.4 is 5.32 Å². The number of hydrogen-bond acceptors (Lipinski definition) is 11. The molecule has 0 aliphatic carbocycles. The molecule has 6 unspecified atom stereocenters. The van der Waals surface area contributed by atoms with E-state index in [4.69, 9.17) is 35.9 Å². The number of ether oxygens (including phenoxy) is 5. The SMILES string of the molecule is CC(=O)OCC1OC(NC(=S)N2CCCCC2c2cccnc2)C(OC(C)=O)C(OC(C)=O)C1OC(C)=O. The molecular weight excluding hydrogens is 518 g/mol. The van der Waals surface area contributed by atoms with E-state index in [0.717, 1.165) is 24.8 Å². The summed E-state index contributed by atoms with van der Waals surface area (Å²) in [6.07, 6.45) is 0.338. The fourth-order valence-electron chi connectivity index (χ4n) is 4.64. The summed E-state index contributed by atoms with van der Waals surface area (Å²) < 4.78 is 27.6. The lowest BCUT2D eigenvalue weighted by atomic mass is 9.96. The zero-order chi connectivity index (χ0) is 27.8. The Labute approximate surface area is 226 Å². The summed E-state index contributed by atoms with van der Waals surface area (Å²) in [6.45, 7) is 5.10. The van der Waals surface area contributed by atoms with Crippen LogP contribution in [0.1, 0.15) is 58.6 Å². The van der Waals surface area contributed by atoms with E-state index < -0.39 is 54.5 Å². The first-order valence-electron chi connectivity index (χ1n) is 12.3. The summed E-state index contributed by atoms with van der Waals surface area (Å²) in [4.78, 5) is 53.8. The summed E-state index contributed by atoms with van der Waals surface area (Å²) >= 11 is 5.76. The van der Waals surface area contributed by atoms with Crippen molar-refractivity contribution in [3.05, 3.63) is 30.1 Å². The number of thiocarbonyl (C=S) groups is 1. The van der Waals surface area contributed by atoms with Gasteiger partial charge in [-0.1, -0.05) is 6.07 Å². The number of esters is 4. The monoisotopic (exact) mass is 551 g/mol. The van der Waals surface area contributed by atoms with Crippen LogP contribution in [0.4, 0.5) is 0 Å².